The molecule has 136 valence electrons. The van der Waals surface area contributed by atoms with Crippen LogP contribution in [-0.4, -0.2) is 12.7 Å². The molecule has 23 heavy (non-hydrogen) atoms. The topological polar surface area (TPSA) is 31.5 Å². The van der Waals surface area contributed by atoms with Crippen molar-refractivity contribution < 1.29 is 42.2 Å². The van der Waals surface area contributed by atoms with E-state index in [1.807, 2.05) is 0 Å². The molecule has 0 saturated carbocycles. The summed E-state index contributed by atoms with van der Waals surface area (Å²) < 4.78 is 39.0. The Labute approximate surface area is 149 Å². The second-order valence-electron chi connectivity index (χ2n) is 4.69. The van der Waals surface area contributed by atoms with E-state index < -0.39 is 7.25 Å². The summed E-state index contributed by atoms with van der Waals surface area (Å²) in [5.74, 6) is 0. The van der Waals surface area contributed by atoms with E-state index in [1.165, 1.54) is 51.4 Å². The van der Waals surface area contributed by atoms with Crippen LogP contribution < -0.4 is 0 Å². The van der Waals surface area contributed by atoms with E-state index in [1.54, 1.807) is 0 Å². The fourth-order valence-corrected chi connectivity index (χ4v) is 1.71. The molecule has 0 aromatic heterocycles. The van der Waals surface area contributed by atoms with Gasteiger partial charge in [-0.25, -0.2) is 0 Å². The van der Waals surface area contributed by atoms with Crippen molar-refractivity contribution >= 4 is 7.25 Å². The summed E-state index contributed by atoms with van der Waals surface area (Å²) in [5, 5.41) is 0. The van der Waals surface area contributed by atoms with E-state index in [-0.39, 0.29) is 25.0 Å². The Morgan fingerprint density at radius 3 is 0.609 bits per heavy atom. The number of allylic oxidation sites excluding steroid dienone is 8. The van der Waals surface area contributed by atoms with Crippen LogP contribution in [0, 0.1) is 0 Å². The van der Waals surface area contributed by atoms with Gasteiger partial charge in [0.2, 0.25) is 0 Å². The Hall–Kier alpha value is -0.672. The summed E-state index contributed by atoms with van der Waals surface area (Å²) in [6, 6.07) is 0. The van der Waals surface area contributed by atoms with E-state index in [4.69, 9.17) is 0 Å². The van der Waals surface area contributed by atoms with Crippen molar-refractivity contribution in [2.24, 2.45) is 0 Å². The second-order valence-corrected chi connectivity index (χ2v) is 4.69. The predicted molar refractivity (Wildman–Crippen MR) is 87.3 cm³/mol. The van der Waals surface area contributed by atoms with Gasteiger partial charge in [0.05, 0.1) is 0 Å². The van der Waals surface area contributed by atoms with E-state index in [0.29, 0.717) is 0 Å². The van der Waals surface area contributed by atoms with E-state index in [9.17, 15) is 17.3 Å². The molecule has 0 saturated heterocycles. The standard InChI is InChI=1S/2C8H12.BF4.H2O.Rh/c2*1-2-4-6-8-7-5-3-1;2-1(3,4)5;;/h2*1-2,7-8H,3-6H2;;1H2;/q;;-1;;+1. The summed E-state index contributed by atoms with van der Waals surface area (Å²) in [5.41, 5.74) is 0. The zero-order valence-corrected chi connectivity index (χ0v) is 14.8. The third kappa shape index (κ3) is 33.9. The first-order valence-corrected chi connectivity index (χ1v) is 7.47. The van der Waals surface area contributed by atoms with Crippen LogP contribution in [0.2, 0.25) is 0 Å². The van der Waals surface area contributed by atoms with Crippen molar-refractivity contribution in [1.29, 1.82) is 0 Å². The average molecular weight is 424 g/mol. The van der Waals surface area contributed by atoms with Gasteiger partial charge in [0, 0.05) is 0 Å². The maximum Gasteiger partial charge on any atom is 1.00 e. The number of rotatable bonds is 0. The van der Waals surface area contributed by atoms with Crippen LogP contribution >= 0.6 is 0 Å². The largest absolute Gasteiger partial charge is 1.00 e. The molecule has 0 aromatic rings. The molecular weight excluding hydrogens is 398 g/mol. The van der Waals surface area contributed by atoms with Gasteiger partial charge in [0.1, 0.15) is 0 Å². The maximum atomic E-state index is 9.75. The van der Waals surface area contributed by atoms with Crippen LogP contribution in [0.4, 0.5) is 17.3 Å². The van der Waals surface area contributed by atoms with Crippen molar-refractivity contribution in [1.82, 2.24) is 0 Å². The molecule has 7 heteroatoms. The van der Waals surface area contributed by atoms with E-state index in [0.717, 1.165) is 0 Å². The van der Waals surface area contributed by atoms with Crippen LogP contribution in [-0.2, 0) is 19.5 Å². The molecule has 0 aromatic carbocycles. The van der Waals surface area contributed by atoms with Gasteiger partial charge < -0.3 is 22.7 Å². The number of hydrogen-bond acceptors (Lipinski definition) is 0. The van der Waals surface area contributed by atoms with Crippen LogP contribution in [0.15, 0.2) is 48.6 Å². The molecule has 0 spiro atoms. The molecule has 2 N–H and O–H groups in total. The van der Waals surface area contributed by atoms with Crippen molar-refractivity contribution in [3.63, 3.8) is 0 Å². The van der Waals surface area contributed by atoms with Gasteiger partial charge in [-0.05, 0) is 51.4 Å². The fourth-order valence-electron chi connectivity index (χ4n) is 1.71. The first kappa shape index (κ1) is 27.2. The zero-order chi connectivity index (χ0) is 15.8. The SMILES string of the molecule is C1=CCCC=CCC1.C1=CCCC=CCC1.F[B-](F)(F)F.O.[Rh+]. The number of hydrogen-bond donors (Lipinski definition) is 0. The molecule has 2 aliphatic rings. The second kappa shape index (κ2) is 19.4. The van der Waals surface area contributed by atoms with Gasteiger partial charge in [0.15, 0.2) is 0 Å². The van der Waals surface area contributed by atoms with E-state index in [2.05, 4.69) is 48.6 Å². The van der Waals surface area contributed by atoms with Gasteiger partial charge in [-0.1, -0.05) is 48.6 Å². The molecule has 0 aliphatic heterocycles. The average Bonchev–Trinajstić information content (AvgIpc) is 2.24. The summed E-state index contributed by atoms with van der Waals surface area (Å²) >= 11 is 0. The molecular formula is C16H26BF4ORh. The minimum Gasteiger partial charge on any atom is -0.418 e. The minimum atomic E-state index is -6.00. The summed E-state index contributed by atoms with van der Waals surface area (Å²) in [6.45, 7) is 0. The van der Waals surface area contributed by atoms with Crippen LogP contribution in [0.3, 0.4) is 0 Å². The molecule has 2 rings (SSSR count). The quantitative estimate of drug-likeness (QED) is 0.267. The first-order valence-electron chi connectivity index (χ1n) is 7.47. The molecule has 0 radical (unpaired) electrons. The maximum absolute atomic E-state index is 9.75. The van der Waals surface area contributed by atoms with Gasteiger partial charge in [-0.2, -0.15) is 0 Å². The normalized spacial score (nSPS) is 16.5. The first-order chi connectivity index (χ1) is 10.0. The van der Waals surface area contributed by atoms with Crippen molar-refractivity contribution in [2.45, 2.75) is 51.4 Å². The summed E-state index contributed by atoms with van der Waals surface area (Å²) in [4.78, 5) is 0. The van der Waals surface area contributed by atoms with Gasteiger partial charge in [0.25, 0.3) is 0 Å². The molecule has 0 atom stereocenters. The molecule has 1 nitrogen and oxygen atoms in total. The van der Waals surface area contributed by atoms with Crippen LogP contribution in [0.5, 0.6) is 0 Å². The summed E-state index contributed by atoms with van der Waals surface area (Å²) in [6.07, 6.45) is 28.0. The Kier molecular flexibility index (Phi) is 22.9. The van der Waals surface area contributed by atoms with Crippen molar-refractivity contribution in [3.8, 4) is 0 Å². The Bertz CT molecular complexity index is 266. The molecule has 0 amide bonds. The van der Waals surface area contributed by atoms with Gasteiger partial charge in [-0.15, -0.1) is 0 Å². The Morgan fingerprint density at radius 1 is 0.435 bits per heavy atom. The van der Waals surface area contributed by atoms with Crippen molar-refractivity contribution in [3.05, 3.63) is 48.6 Å². The summed E-state index contributed by atoms with van der Waals surface area (Å²) in [7, 11) is -6.00. The van der Waals surface area contributed by atoms with Crippen LogP contribution in [0.1, 0.15) is 51.4 Å². The predicted octanol–water partition coefficient (Wildman–Crippen LogP) is 5.82. The third-order valence-electron chi connectivity index (χ3n) is 2.67. The van der Waals surface area contributed by atoms with Crippen molar-refractivity contribution in [2.75, 3.05) is 0 Å². The Balaban J connectivity index is -0.000000258. The monoisotopic (exact) mass is 424 g/mol. The van der Waals surface area contributed by atoms with Crippen LogP contribution in [0.25, 0.3) is 0 Å². The third-order valence-corrected chi connectivity index (χ3v) is 2.67. The van der Waals surface area contributed by atoms with Gasteiger partial charge in [-0.3, -0.25) is 0 Å². The molecule has 0 bridgehead atoms. The molecule has 0 unspecified atom stereocenters. The fraction of sp³-hybridized carbons (Fsp3) is 0.500. The smallest absolute Gasteiger partial charge is 0.418 e. The molecule has 0 heterocycles. The molecule has 0 fully saturated rings. The zero-order valence-electron chi connectivity index (χ0n) is 13.2. The van der Waals surface area contributed by atoms with Gasteiger partial charge >= 0.3 is 26.7 Å². The molecule has 2 aliphatic carbocycles. The minimum absolute atomic E-state index is 0. The van der Waals surface area contributed by atoms with E-state index >= 15 is 0 Å². The number of halogens is 4. The Morgan fingerprint density at radius 2 is 0.522 bits per heavy atom.